The summed E-state index contributed by atoms with van der Waals surface area (Å²) in [7, 11) is 0. The maximum Gasteiger partial charge on any atom is 0.375 e. The molecule has 0 aliphatic carbocycles. The highest BCUT2D eigenvalue weighted by Crippen LogP contribution is 2.33. The molecule has 0 saturated carbocycles. The third-order valence-electron chi connectivity index (χ3n) is 4.55. The monoisotopic (exact) mass is 415 g/mol. The van der Waals surface area contributed by atoms with Crippen molar-refractivity contribution in [2.75, 3.05) is 18.5 Å². The van der Waals surface area contributed by atoms with Gasteiger partial charge >= 0.3 is 5.97 Å². The van der Waals surface area contributed by atoms with E-state index in [0.29, 0.717) is 46.6 Å². The first-order valence-corrected chi connectivity index (χ1v) is 9.40. The molecule has 4 rings (SSSR count). The fourth-order valence-electron chi connectivity index (χ4n) is 3.02. The molecule has 1 aliphatic heterocycles. The highest BCUT2D eigenvalue weighted by atomic mass is 35.5. The van der Waals surface area contributed by atoms with Crippen LogP contribution in [-0.4, -0.2) is 31.2 Å². The molecule has 1 unspecified atom stereocenters. The van der Waals surface area contributed by atoms with Crippen molar-refractivity contribution in [2.24, 2.45) is 0 Å². The number of hydrogen-bond acceptors (Lipinski definition) is 6. The van der Waals surface area contributed by atoms with Crippen molar-refractivity contribution in [1.82, 2.24) is 0 Å². The van der Waals surface area contributed by atoms with Crippen LogP contribution in [0.15, 0.2) is 40.8 Å². The maximum absolute atomic E-state index is 12.5. The van der Waals surface area contributed by atoms with Gasteiger partial charge in [0.1, 0.15) is 18.8 Å². The largest absolute Gasteiger partial charge is 0.486 e. The molecule has 1 amide bonds. The van der Waals surface area contributed by atoms with Crippen molar-refractivity contribution < 1.29 is 28.2 Å². The number of aryl methyl sites for hydroxylation is 1. The van der Waals surface area contributed by atoms with E-state index in [1.54, 1.807) is 43.3 Å². The minimum atomic E-state index is -1.04. The second kappa shape index (κ2) is 7.67. The van der Waals surface area contributed by atoms with Crippen molar-refractivity contribution in [1.29, 1.82) is 0 Å². The van der Waals surface area contributed by atoms with Crippen LogP contribution in [0.3, 0.4) is 0 Å². The van der Waals surface area contributed by atoms with Crippen molar-refractivity contribution in [3.05, 3.63) is 52.7 Å². The lowest BCUT2D eigenvalue weighted by Crippen LogP contribution is -2.30. The zero-order valence-electron chi connectivity index (χ0n) is 15.8. The Hall–Kier alpha value is -3.19. The third kappa shape index (κ3) is 3.86. The van der Waals surface area contributed by atoms with Crippen LogP contribution < -0.4 is 14.8 Å². The zero-order chi connectivity index (χ0) is 20.5. The summed E-state index contributed by atoms with van der Waals surface area (Å²) in [5.41, 5.74) is 1.64. The summed E-state index contributed by atoms with van der Waals surface area (Å²) >= 11 is 6.00. The number of nitrogens with one attached hydrogen (secondary N) is 1. The summed E-state index contributed by atoms with van der Waals surface area (Å²) in [6.45, 7) is 4.15. The predicted molar refractivity (Wildman–Crippen MR) is 107 cm³/mol. The molecule has 3 aromatic rings. The van der Waals surface area contributed by atoms with Gasteiger partial charge in [-0.1, -0.05) is 11.6 Å². The van der Waals surface area contributed by atoms with Gasteiger partial charge in [-0.05, 0) is 44.2 Å². The lowest BCUT2D eigenvalue weighted by Gasteiger charge is -2.19. The summed E-state index contributed by atoms with van der Waals surface area (Å²) < 4.78 is 21.8. The van der Waals surface area contributed by atoms with Crippen LogP contribution in [0.1, 0.15) is 23.0 Å². The van der Waals surface area contributed by atoms with Crippen LogP contribution in [0.4, 0.5) is 5.69 Å². The maximum atomic E-state index is 12.5. The van der Waals surface area contributed by atoms with E-state index in [-0.39, 0.29) is 5.76 Å². The molecule has 0 fully saturated rings. The number of fused-ring (bicyclic) bond motifs is 2. The minimum absolute atomic E-state index is 0.0428. The van der Waals surface area contributed by atoms with E-state index in [1.807, 2.05) is 0 Å². The van der Waals surface area contributed by atoms with E-state index in [0.717, 1.165) is 5.39 Å². The Labute approximate surface area is 171 Å². The summed E-state index contributed by atoms with van der Waals surface area (Å²) in [5, 5.41) is 3.95. The van der Waals surface area contributed by atoms with Crippen LogP contribution in [-0.2, 0) is 9.53 Å². The van der Waals surface area contributed by atoms with E-state index < -0.39 is 18.0 Å². The predicted octanol–water partition coefficient (Wildman–Crippen LogP) is 4.35. The molecular formula is C21H18ClNO6. The van der Waals surface area contributed by atoms with Crippen LogP contribution in [0, 0.1) is 6.92 Å². The highest BCUT2D eigenvalue weighted by Gasteiger charge is 2.25. The van der Waals surface area contributed by atoms with E-state index in [2.05, 4.69) is 5.32 Å². The second-order valence-electron chi connectivity index (χ2n) is 6.59. The standard InChI is InChI=1S/C21H18ClNO6/c1-11-15-9-13(22)3-5-16(15)29-19(11)21(25)28-12(2)20(24)23-14-4-6-17-18(10-14)27-8-7-26-17/h3-6,9-10,12H,7-8H2,1-2H3,(H,23,24). The first-order chi connectivity index (χ1) is 13.9. The average molecular weight is 416 g/mol. The Morgan fingerprint density at radius 1 is 1.10 bits per heavy atom. The van der Waals surface area contributed by atoms with Crippen LogP contribution >= 0.6 is 11.6 Å². The molecule has 1 aromatic heterocycles. The Bertz CT molecular complexity index is 1110. The van der Waals surface area contributed by atoms with Gasteiger partial charge in [0.2, 0.25) is 5.76 Å². The number of furan rings is 1. The SMILES string of the molecule is Cc1c(C(=O)OC(C)C(=O)Nc2ccc3c(c2)OCCO3)oc2ccc(Cl)cc12. The van der Waals surface area contributed by atoms with E-state index in [4.69, 9.17) is 30.2 Å². The fourth-order valence-corrected chi connectivity index (χ4v) is 3.19. The number of hydrogen-bond donors (Lipinski definition) is 1. The molecule has 0 radical (unpaired) electrons. The summed E-state index contributed by atoms with van der Waals surface area (Å²) in [6.07, 6.45) is -1.04. The molecule has 0 spiro atoms. The molecule has 0 bridgehead atoms. The topological polar surface area (TPSA) is 87.0 Å². The average Bonchev–Trinajstić information content (AvgIpc) is 3.04. The second-order valence-corrected chi connectivity index (χ2v) is 7.03. The molecule has 8 heteroatoms. The van der Waals surface area contributed by atoms with Gasteiger partial charge in [-0.3, -0.25) is 4.79 Å². The normalized spacial score (nSPS) is 13.8. The van der Waals surface area contributed by atoms with E-state index >= 15 is 0 Å². The quantitative estimate of drug-likeness (QED) is 0.637. The van der Waals surface area contributed by atoms with E-state index in [9.17, 15) is 9.59 Å². The Morgan fingerprint density at radius 2 is 1.86 bits per heavy atom. The van der Waals surface area contributed by atoms with Gasteiger partial charge < -0.3 is 23.9 Å². The Morgan fingerprint density at radius 3 is 2.66 bits per heavy atom. The molecule has 1 aliphatic rings. The summed E-state index contributed by atoms with van der Waals surface area (Å²) in [6, 6.07) is 10.1. The van der Waals surface area contributed by atoms with Gasteiger partial charge in [-0.2, -0.15) is 0 Å². The Kier molecular flexibility index (Phi) is 5.07. The van der Waals surface area contributed by atoms with Gasteiger partial charge in [0, 0.05) is 27.7 Å². The number of benzene rings is 2. The van der Waals surface area contributed by atoms with Crippen molar-refractivity contribution >= 4 is 40.1 Å². The number of amides is 1. The van der Waals surface area contributed by atoms with Gasteiger partial charge in [0.25, 0.3) is 5.91 Å². The highest BCUT2D eigenvalue weighted by molar-refractivity contribution is 6.31. The van der Waals surface area contributed by atoms with Gasteiger partial charge in [0.15, 0.2) is 17.6 Å². The molecule has 0 saturated heterocycles. The van der Waals surface area contributed by atoms with Gasteiger partial charge in [-0.15, -0.1) is 0 Å². The lowest BCUT2D eigenvalue weighted by molar-refractivity contribution is -0.123. The van der Waals surface area contributed by atoms with Crippen LogP contribution in [0.5, 0.6) is 11.5 Å². The first kappa shape index (κ1) is 19.1. The Balaban J connectivity index is 1.45. The minimum Gasteiger partial charge on any atom is -0.486 e. The fraction of sp³-hybridized carbons (Fsp3) is 0.238. The molecule has 150 valence electrons. The summed E-state index contributed by atoms with van der Waals surface area (Å²) in [5.74, 6) is 0.0113. The molecule has 1 atom stereocenters. The van der Waals surface area contributed by atoms with Crippen molar-refractivity contribution in [2.45, 2.75) is 20.0 Å². The number of halogens is 1. The van der Waals surface area contributed by atoms with Crippen molar-refractivity contribution in [3.63, 3.8) is 0 Å². The van der Waals surface area contributed by atoms with Gasteiger partial charge in [0.05, 0.1) is 0 Å². The van der Waals surface area contributed by atoms with Gasteiger partial charge in [-0.25, -0.2) is 4.79 Å². The molecule has 29 heavy (non-hydrogen) atoms. The zero-order valence-corrected chi connectivity index (χ0v) is 16.5. The molecular weight excluding hydrogens is 398 g/mol. The molecule has 2 heterocycles. The van der Waals surface area contributed by atoms with Crippen LogP contribution in [0.25, 0.3) is 11.0 Å². The molecule has 2 aromatic carbocycles. The third-order valence-corrected chi connectivity index (χ3v) is 4.78. The number of ether oxygens (including phenoxy) is 3. The smallest absolute Gasteiger partial charge is 0.375 e. The van der Waals surface area contributed by atoms with Crippen LogP contribution in [0.2, 0.25) is 5.02 Å². The number of carbonyl (C=O) groups excluding carboxylic acids is 2. The first-order valence-electron chi connectivity index (χ1n) is 9.02. The lowest BCUT2D eigenvalue weighted by atomic mass is 10.1. The number of rotatable bonds is 4. The summed E-state index contributed by atoms with van der Waals surface area (Å²) in [4.78, 5) is 25.0. The number of esters is 1. The number of anilines is 1. The van der Waals surface area contributed by atoms with Crippen molar-refractivity contribution in [3.8, 4) is 11.5 Å². The molecule has 7 nitrogen and oxygen atoms in total. The van der Waals surface area contributed by atoms with E-state index in [1.165, 1.54) is 6.92 Å². The number of carbonyl (C=O) groups is 2. The molecule has 1 N–H and O–H groups in total.